The molecule has 4 atom stereocenters. The number of rotatable bonds is 0. The summed E-state index contributed by atoms with van der Waals surface area (Å²) in [4.78, 5) is 0. The van der Waals surface area contributed by atoms with Crippen LogP contribution in [0, 0.1) is 23.7 Å². The molecule has 8 aliphatic carbocycles. The Hall–Kier alpha value is -3.64. The van der Waals surface area contributed by atoms with Gasteiger partial charge >= 0.3 is 0 Å². The summed E-state index contributed by atoms with van der Waals surface area (Å²) in [6, 6.07) is 0. The highest BCUT2D eigenvalue weighted by Gasteiger charge is 2.38. The van der Waals surface area contributed by atoms with E-state index in [-0.39, 0.29) is 0 Å². The number of hydrogen-bond donors (Lipinski definition) is 0. The largest absolute Gasteiger partial charge is 0.0617 e. The summed E-state index contributed by atoms with van der Waals surface area (Å²) in [6.45, 7) is 4.40. The summed E-state index contributed by atoms with van der Waals surface area (Å²) in [6.07, 6.45) is 40.9. The van der Waals surface area contributed by atoms with Crippen LogP contribution in [0.3, 0.4) is 0 Å². The van der Waals surface area contributed by atoms with Gasteiger partial charge in [-0.3, -0.25) is 0 Å². The van der Waals surface area contributed by atoms with E-state index in [4.69, 9.17) is 0 Å². The second-order valence-corrected chi connectivity index (χ2v) is 10.3. The molecule has 0 aliphatic heterocycles. The molecule has 0 spiro atoms. The van der Waals surface area contributed by atoms with Gasteiger partial charge in [0.2, 0.25) is 0 Å². The van der Waals surface area contributed by atoms with Crippen LogP contribution in [0.25, 0.3) is 0 Å². The quantitative estimate of drug-likeness (QED) is 0.360. The zero-order chi connectivity index (χ0) is 22.8. The minimum absolute atomic E-state index is 0.555. The first-order valence-corrected chi connectivity index (χ1v) is 12.4. The van der Waals surface area contributed by atoms with E-state index in [0.717, 1.165) is 0 Å². The lowest BCUT2D eigenvalue weighted by Crippen LogP contribution is -2.28. The summed E-state index contributed by atoms with van der Waals surface area (Å²) in [5, 5.41) is 0. The van der Waals surface area contributed by atoms with Crippen molar-refractivity contribution in [2.24, 2.45) is 23.7 Å². The van der Waals surface area contributed by atoms with Crippen molar-refractivity contribution in [3.8, 4) is 0 Å². The van der Waals surface area contributed by atoms with Gasteiger partial charge in [-0.15, -0.1) is 0 Å². The first kappa shape index (κ1) is 19.8. The van der Waals surface area contributed by atoms with Gasteiger partial charge in [-0.1, -0.05) is 115 Å². The van der Waals surface area contributed by atoms with Crippen LogP contribution < -0.4 is 0 Å². The highest BCUT2D eigenvalue weighted by molar-refractivity contribution is 5.62. The van der Waals surface area contributed by atoms with Gasteiger partial charge in [-0.05, 0) is 64.0 Å². The predicted molar refractivity (Wildman–Crippen MR) is 143 cm³/mol. The summed E-state index contributed by atoms with van der Waals surface area (Å²) in [5.74, 6) is 2.22. The smallest absolute Gasteiger partial charge is 0.0201 e. The maximum absolute atomic E-state index is 2.33. The van der Waals surface area contributed by atoms with E-state index < -0.39 is 0 Å². The fourth-order valence-electron chi connectivity index (χ4n) is 6.75. The molecule has 0 N–H and O–H groups in total. The van der Waals surface area contributed by atoms with E-state index in [1.165, 1.54) is 55.7 Å². The maximum Gasteiger partial charge on any atom is 0.0201 e. The number of allylic oxidation sites excluding steroid dienone is 28. The topological polar surface area (TPSA) is 0 Å². The van der Waals surface area contributed by atoms with Crippen LogP contribution in [0.15, 0.2) is 165 Å². The number of hydrogen-bond acceptors (Lipinski definition) is 0. The minimum Gasteiger partial charge on any atom is -0.0617 e. The Bertz CT molecular complexity index is 1450. The average Bonchev–Trinajstić information content (AvgIpc) is 2.87. The zero-order valence-electron chi connectivity index (χ0n) is 19.7. The zero-order valence-corrected chi connectivity index (χ0v) is 19.7. The van der Waals surface area contributed by atoms with Gasteiger partial charge in [0, 0.05) is 23.7 Å². The Morgan fingerprint density at radius 2 is 0.912 bits per heavy atom. The molecule has 0 aromatic rings. The van der Waals surface area contributed by atoms with Crippen LogP contribution in [0.2, 0.25) is 0 Å². The second-order valence-electron chi connectivity index (χ2n) is 10.3. The monoisotopic (exact) mass is 436 g/mol. The van der Waals surface area contributed by atoms with E-state index in [9.17, 15) is 0 Å². The maximum atomic E-state index is 2.33. The molecule has 0 heteroatoms. The molecule has 0 fully saturated rings. The molecule has 0 radical (unpaired) electrons. The van der Waals surface area contributed by atoms with Gasteiger partial charge in [-0.2, -0.15) is 0 Å². The van der Waals surface area contributed by atoms with Crippen LogP contribution >= 0.6 is 0 Å². The summed E-state index contributed by atoms with van der Waals surface area (Å²) >= 11 is 0. The molecule has 0 saturated heterocycles. The Morgan fingerprint density at radius 3 is 1.65 bits per heavy atom. The van der Waals surface area contributed by atoms with Crippen molar-refractivity contribution in [1.82, 2.24) is 0 Å². The van der Waals surface area contributed by atoms with Crippen molar-refractivity contribution in [2.75, 3.05) is 0 Å². The summed E-state index contributed by atoms with van der Waals surface area (Å²) in [5.41, 5.74) is 14.5. The van der Waals surface area contributed by atoms with Gasteiger partial charge in [0.1, 0.15) is 0 Å². The van der Waals surface area contributed by atoms with Crippen molar-refractivity contribution < 1.29 is 0 Å². The summed E-state index contributed by atoms with van der Waals surface area (Å²) in [7, 11) is 0. The first-order valence-electron chi connectivity index (χ1n) is 12.4. The lowest BCUT2D eigenvalue weighted by atomic mass is 9.64. The second kappa shape index (κ2) is 7.43. The lowest BCUT2D eigenvalue weighted by Gasteiger charge is -2.40. The molecule has 164 valence electrons. The lowest BCUT2D eigenvalue weighted by molar-refractivity contribution is 0.560. The molecule has 0 aromatic heterocycles. The van der Waals surface area contributed by atoms with Gasteiger partial charge in [0.15, 0.2) is 0 Å². The van der Waals surface area contributed by atoms with Gasteiger partial charge in [0.25, 0.3) is 0 Å². The van der Waals surface area contributed by atoms with E-state index in [1.54, 1.807) is 0 Å². The van der Waals surface area contributed by atoms with Crippen LogP contribution in [-0.4, -0.2) is 0 Å². The van der Waals surface area contributed by atoms with E-state index in [1.807, 2.05) is 0 Å². The standard InChI is InChI=1S/2C17H14/c1-11-9-14-7-5-12-3-2-4-13-6-8-15(10-11)17(14)16(12)13;1-11-5-6-14-8-7-12-3-2-4-13-9-10-15(11)17(14)16(12)13/h2*2-10,16-17H,1H3. The van der Waals surface area contributed by atoms with E-state index in [2.05, 4.69) is 123 Å². The molecule has 0 nitrogen and oxygen atoms in total. The molecule has 8 rings (SSSR count). The van der Waals surface area contributed by atoms with Crippen molar-refractivity contribution in [2.45, 2.75) is 13.8 Å². The molecule has 4 unspecified atom stereocenters. The molecule has 34 heavy (non-hydrogen) atoms. The van der Waals surface area contributed by atoms with Gasteiger partial charge in [0.05, 0.1) is 0 Å². The van der Waals surface area contributed by atoms with Gasteiger partial charge in [-0.25, -0.2) is 0 Å². The third-order valence-corrected chi connectivity index (χ3v) is 8.30. The van der Waals surface area contributed by atoms with Crippen molar-refractivity contribution in [3.05, 3.63) is 165 Å². The predicted octanol–water partition coefficient (Wildman–Crippen LogP) is 8.08. The van der Waals surface area contributed by atoms with Gasteiger partial charge < -0.3 is 0 Å². The normalized spacial score (nSPS) is 31.9. The third-order valence-electron chi connectivity index (χ3n) is 8.30. The molecule has 0 bridgehead atoms. The van der Waals surface area contributed by atoms with Crippen LogP contribution in [0.5, 0.6) is 0 Å². The average molecular weight is 437 g/mol. The minimum atomic E-state index is 0.555. The molecule has 0 saturated carbocycles. The Kier molecular flexibility index (Phi) is 4.33. The highest BCUT2D eigenvalue weighted by atomic mass is 14.4. The Balaban J connectivity index is 0.000000118. The van der Waals surface area contributed by atoms with E-state index >= 15 is 0 Å². The van der Waals surface area contributed by atoms with E-state index in [0.29, 0.717) is 23.7 Å². The van der Waals surface area contributed by atoms with Crippen molar-refractivity contribution in [3.63, 3.8) is 0 Å². The molecular formula is C34H28. The fourth-order valence-corrected chi connectivity index (χ4v) is 6.75. The van der Waals surface area contributed by atoms with Crippen LogP contribution in [0.1, 0.15) is 13.8 Å². The molecular weight excluding hydrogens is 408 g/mol. The SMILES string of the molecule is CC1=C2C=CC3=CC=CC4=CC=C(C=C1)C2C34.CC1=CC2=CC=C3C=CC=C4C=CC(=C1)C2C43. The molecule has 8 aliphatic rings. The summed E-state index contributed by atoms with van der Waals surface area (Å²) < 4.78 is 0. The van der Waals surface area contributed by atoms with Crippen molar-refractivity contribution >= 4 is 0 Å². The highest BCUT2D eigenvalue weighted by Crippen LogP contribution is 2.50. The molecule has 0 amide bonds. The third kappa shape index (κ3) is 2.91. The fraction of sp³-hybridized carbons (Fsp3) is 0.176. The molecule has 0 aromatic carbocycles. The van der Waals surface area contributed by atoms with Crippen molar-refractivity contribution in [1.29, 1.82) is 0 Å². The Morgan fingerprint density at radius 1 is 0.412 bits per heavy atom. The molecule has 0 heterocycles. The Labute approximate surface area is 202 Å². The first-order chi connectivity index (χ1) is 16.7. The van der Waals surface area contributed by atoms with Crippen LogP contribution in [-0.2, 0) is 0 Å². The van der Waals surface area contributed by atoms with Crippen LogP contribution in [0.4, 0.5) is 0 Å².